The van der Waals surface area contributed by atoms with Gasteiger partial charge in [0.1, 0.15) is 23.1 Å². The van der Waals surface area contributed by atoms with Crippen LogP contribution in [0, 0.1) is 0 Å². The third-order valence-corrected chi connectivity index (χ3v) is 6.26. The molecule has 1 saturated carbocycles. The van der Waals surface area contributed by atoms with Crippen LogP contribution in [-0.2, 0) is 16.0 Å². The first kappa shape index (κ1) is 34.1. The average molecular weight is 564 g/mol. The zero-order valence-corrected chi connectivity index (χ0v) is 26.1. The van der Waals surface area contributed by atoms with E-state index in [1.54, 1.807) is 25.4 Å². The Morgan fingerprint density at radius 1 is 1.08 bits per heavy atom. The molecule has 0 radical (unpaired) electrons. The summed E-state index contributed by atoms with van der Waals surface area (Å²) in [6.45, 7) is 14.8. The summed E-state index contributed by atoms with van der Waals surface area (Å²) in [6.07, 6.45) is 8.06. The summed E-state index contributed by atoms with van der Waals surface area (Å²) in [5.41, 5.74) is -0.388. The number of hydrogen-bond donors (Lipinski definition) is 3. The molecule has 0 unspecified atom stereocenters. The van der Waals surface area contributed by atoms with E-state index in [1.807, 2.05) is 46.9 Å². The lowest BCUT2D eigenvalue weighted by Gasteiger charge is -2.23. The predicted octanol–water partition coefficient (Wildman–Crippen LogP) is 6.34. The quantitative estimate of drug-likeness (QED) is 0.302. The van der Waals surface area contributed by atoms with E-state index in [0.29, 0.717) is 25.4 Å². The number of amides is 2. The van der Waals surface area contributed by atoms with Crippen LogP contribution in [0.2, 0.25) is 0 Å². The molecule has 220 valence electrons. The van der Waals surface area contributed by atoms with Crippen molar-refractivity contribution in [2.45, 2.75) is 98.5 Å². The van der Waals surface area contributed by atoms with E-state index in [-0.39, 0.29) is 17.6 Å². The van der Waals surface area contributed by atoms with Crippen molar-refractivity contribution >= 4 is 40.1 Å². The molecular formula is C28H49N7O3S. The summed E-state index contributed by atoms with van der Waals surface area (Å²) >= 11 is 1.71. The van der Waals surface area contributed by atoms with Crippen LogP contribution < -0.4 is 16.0 Å². The Morgan fingerprint density at radius 3 is 2.21 bits per heavy atom. The van der Waals surface area contributed by atoms with Gasteiger partial charge in [0, 0.05) is 57.2 Å². The van der Waals surface area contributed by atoms with E-state index in [4.69, 9.17) is 4.74 Å². The van der Waals surface area contributed by atoms with Gasteiger partial charge >= 0.3 is 6.09 Å². The minimum Gasteiger partial charge on any atom is -0.444 e. The third kappa shape index (κ3) is 14.1. The van der Waals surface area contributed by atoms with Crippen LogP contribution in [0.15, 0.2) is 12.3 Å². The molecule has 2 amide bonds. The molecule has 3 rings (SSSR count). The molecular weight excluding hydrogens is 514 g/mol. The van der Waals surface area contributed by atoms with Crippen LogP contribution in [0.3, 0.4) is 0 Å². The smallest absolute Gasteiger partial charge is 0.409 e. The van der Waals surface area contributed by atoms with Crippen LogP contribution >= 0.6 is 11.3 Å². The summed E-state index contributed by atoms with van der Waals surface area (Å²) in [6, 6.07) is 1.88. The second-order valence-electron chi connectivity index (χ2n) is 10.4. The summed E-state index contributed by atoms with van der Waals surface area (Å²) in [7, 11) is 3.32. The molecule has 1 fully saturated rings. The minimum atomic E-state index is -0.388. The second kappa shape index (κ2) is 17.6. The molecule has 2 heterocycles. The van der Waals surface area contributed by atoms with Gasteiger partial charge < -0.3 is 25.6 Å². The number of aryl methyl sites for hydroxylation is 1. The van der Waals surface area contributed by atoms with Crippen molar-refractivity contribution < 1.29 is 14.3 Å². The Kier molecular flexibility index (Phi) is 15.4. The third-order valence-electron chi connectivity index (χ3n) is 5.19. The fourth-order valence-corrected chi connectivity index (χ4v) is 4.01. The topological polar surface area (TPSA) is 121 Å². The molecule has 2 aromatic heterocycles. The molecule has 39 heavy (non-hydrogen) atoms. The first-order valence-corrected chi connectivity index (χ1v) is 14.7. The van der Waals surface area contributed by atoms with Crippen molar-refractivity contribution in [1.82, 2.24) is 25.2 Å². The van der Waals surface area contributed by atoms with E-state index in [2.05, 4.69) is 44.7 Å². The largest absolute Gasteiger partial charge is 0.444 e. The van der Waals surface area contributed by atoms with Gasteiger partial charge in [0.25, 0.3) is 0 Å². The van der Waals surface area contributed by atoms with Gasteiger partial charge in [-0.3, -0.25) is 4.79 Å². The number of thiazole rings is 1. The maximum absolute atomic E-state index is 11.3. The van der Waals surface area contributed by atoms with Gasteiger partial charge in [0.05, 0.1) is 0 Å². The fourth-order valence-electron chi connectivity index (χ4n) is 3.02. The van der Waals surface area contributed by atoms with Gasteiger partial charge in [-0.1, -0.05) is 40.5 Å². The zero-order valence-electron chi connectivity index (χ0n) is 25.3. The molecule has 3 N–H and O–H groups in total. The first-order chi connectivity index (χ1) is 18.4. The molecule has 0 aromatic carbocycles. The van der Waals surface area contributed by atoms with E-state index in [1.165, 1.54) is 35.5 Å². The van der Waals surface area contributed by atoms with Crippen molar-refractivity contribution in [3.63, 3.8) is 0 Å². The van der Waals surface area contributed by atoms with Crippen molar-refractivity contribution in [3.05, 3.63) is 23.0 Å². The molecule has 0 aliphatic heterocycles. The number of anilines is 3. The van der Waals surface area contributed by atoms with Gasteiger partial charge in [-0.15, -0.1) is 11.3 Å². The maximum atomic E-state index is 11.3. The SMILES string of the molecule is CCC.CCC(=O)NCCNc1cc(Nc2ncc(C3CCC3)s2)nc(CC)n1.CN(C)C(=O)OC(C)(C)C. The monoisotopic (exact) mass is 563 g/mol. The van der Waals surface area contributed by atoms with Crippen LogP contribution in [0.25, 0.3) is 0 Å². The van der Waals surface area contributed by atoms with Crippen molar-refractivity contribution in [3.8, 4) is 0 Å². The number of carbonyl (C=O) groups excluding carboxylic acids is 2. The molecule has 11 heteroatoms. The maximum Gasteiger partial charge on any atom is 0.409 e. The Labute approximate surface area is 238 Å². The Bertz CT molecular complexity index is 1000. The van der Waals surface area contributed by atoms with Crippen LogP contribution in [-0.4, -0.2) is 64.6 Å². The number of hydrogen-bond acceptors (Lipinski definition) is 9. The fraction of sp³-hybridized carbons (Fsp3) is 0.679. The molecule has 0 spiro atoms. The van der Waals surface area contributed by atoms with E-state index in [0.717, 1.165) is 29.0 Å². The average Bonchev–Trinajstić information content (AvgIpc) is 3.27. The normalized spacial score (nSPS) is 12.5. The molecule has 0 atom stereocenters. The van der Waals surface area contributed by atoms with Crippen LogP contribution in [0.5, 0.6) is 0 Å². The van der Waals surface area contributed by atoms with E-state index in [9.17, 15) is 9.59 Å². The standard InChI is InChI=1S/C18H26N6OS.C7H15NO2.C3H8/c1-3-14-22-15(19-8-9-20-17(25)4-2)10-16(23-14)24-18-21-11-13(26-18)12-6-5-7-12;1-7(2,3)10-6(9)8(4)5;1-3-2/h10-12H,3-9H2,1-2H3,(H,20,25)(H2,19,21,22,23,24);1-5H3;3H2,1-2H3. The highest BCUT2D eigenvalue weighted by Gasteiger charge is 2.22. The number of nitrogens with one attached hydrogen (secondary N) is 3. The van der Waals surface area contributed by atoms with Gasteiger partial charge in [-0.05, 0) is 39.5 Å². The highest BCUT2D eigenvalue weighted by molar-refractivity contribution is 7.15. The number of aromatic nitrogens is 3. The highest BCUT2D eigenvalue weighted by atomic mass is 32.1. The summed E-state index contributed by atoms with van der Waals surface area (Å²) < 4.78 is 4.99. The van der Waals surface area contributed by atoms with Crippen LogP contribution in [0.1, 0.15) is 97.2 Å². The summed E-state index contributed by atoms with van der Waals surface area (Å²) in [5, 5.41) is 10.3. The first-order valence-electron chi connectivity index (χ1n) is 13.9. The summed E-state index contributed by atoms with van der Waals surface area (Å²) in [4.78, 5) is 38.4. The highest BCUT2D eigenvalue weighted by Crippen LogP contribution is 2.40. The van der Waals surface area contributed by atoms with Gasteiger partial charge in [0.15, 0.2) is 5.13 Å². The van der Waals surface area contributed by atoms with E-state index < -0.39 is 0 Å². The lowest BCUT2D eigenvalue weighted by Crippen LogP contribution is -2.31. The minimum absolute atomic E-state index is 0.0529. The lowest BCUT2D eigenvalue weighted by molar-refractivity contribution is -0.120. The van der Waals surface area contributed by atoms with Gasteiger partial charge in [0.2, 0.25) is 5.91 Å². The number of rotatable bonds is 9. The Morgan fingerprint density at radius 2 is 1.72 bits per heavy atom. The molecule has 1 aliphatic rings. The lowest BCUT2D eigenvalue weighted by atomic mass is 9.85. The molecule has 2 aromatic rings. The van der Waals surface area contributed by atoms with Gasteiger partial charge in [-0.25, -0.2) is 19.7 Å². The molecule has 1 aliphatic carbocycles. The Hall–Kier alpha value is -2.95. The van der Waals surface area contributed by atoms with Crippen molar-refractivity contribution in [1.29, 1.82) is 0 Å². The van der Waals surface area contributed by atoms with E-state index >= 15 is 0 Å². The number of nitrogens with zero attached hydrogens (tertiary/aromatic N) is 4. The second-order valence-corrected chi connectivity index (χ2v) is 11.5. The Balaban J connectivity index is 0.000000491. The van der Waals surface area contributed by atoms with Crippen molar-refractivity contribution in [2.75, 3.05) is 37.8 Å². The molecule has 10 nitrogen and oxygen atoms in total. The molecule has 0 bridgehead atoms. The van der Waals surface area contributed by atoms with Gasteiger partial charge in [-0.2, -0.15) is 0 Å². The number of carbonyl (C=O) groups is 2. The van der Waals surface area contributed by atoms with Crippen molar-refractivity contribution in [2.24, 2.45) is 0 Å². The zero-order chi connectivity index (χ0) is 29.4. The summed E-state index contributed by atoms with van der Waals surface area (Å²) in [5.74, 6) is 3.01. The van der Waals surface area contributed by atoms with Crippen LogP contribution in [0.4, 0.5) is 21.6 Å². The molecule has 0 saturated heterocycles. The predicted molar refractivity (Wildman–Crippen MR) is 161 cm³/mol. The number of ether oxygens (including phenoxy) is 1.